The number of aromatic amines is 1. The van der Waals surface area contributed by atoms with Crippen LogP contribution in [0.5, 0.6) is 0 Å². The van der Waals surface area contributed by atoms with E-state index in [-0.39, 0.29) is 5.91 Å². The van der Waals surface area contributed by atoms with Crippen LogP contribution in [0.15, 0.2) is 23.4 Å². The summed E-state index contributed by atoms with van der Waals surface area (Å²) < 4.78 is 0. The molecule has 4 nitrogen and oxygen atoms in total. The van der Waals surface area contributed by atoms with Crippen molar-refractivity contribution >= 4 is 12.1 Å². The number of amides is 1. The van der Waals surface area contributed by atoms with Crippen LogP contribution in [0.2, 0.25) is 0 Å². The van der Waals surface area contributed by atoms with Gasteiger partial charge in [-0.25, -0.2) is 5.01 Å². The lowest BCUT2D eigenvalue weighted by Crippen LogP contribution is -2.17. The first kappa shape index (κ1) is 8.04. The molecule has 1 aliphatic rings. The van der Waals surface area contributed by atoms with Gasteiger partial charge in [-0.15, -0.1) is 0 Å². The third kappa shape index (κ3) is 1.77. The molecular formula is C9H11N3O. The minimum Gasteiger partial charge on any atom is -0.360 e. The van der Waals surface area contributed by atoms with Crippen molar-refractivity contribution in [2.24, 2.45) is 5.10 Å². The van der Waals surface area contributed by atoms with Crippen LogP contribution in [0, 0.1) is 0 Å². The van der Waals surface area contributed by atoms with Crippen LogP contribution in [0.3, 0.4) is 0 Å². The second-order valence-electron chi connectivity index (χ2n) is 2.99. The highest BCUT2D eigenvalue weighted by atomic mass is 16.2. The Bertz CT molecular complexity index is 316. The van der Waals surface area contributed by atoms with E-state index in [2.05, 4.69) is 10.1 Å². The van der Waals surface area contributed by atoms with Crippen molar-refractivity contribution in [3.05, 3.63) is 24.0 Å². The van der Waals surface area contributed by atoms with Crippen molar-refractivity contribution in [2.45, 2.75) is 12.8 Å². The molecule has 1 aromatic rings. The Morgan fingerprint density at radius 1 is 1.62 bits per heavy atom. The molecule has 0 radical (unpaired) electrons. The smallest absolute Gasteiger partial charge is 0.242 e. The summed E-state index contributed by atoms with van der Waals surface area (Å²) in [5, 5.41) is 5.59. The van der Waals surface area contributed by atoms with E-state index in [0.717, 1.165) is 18.7 Å². The Kier molecular flexibility index (Phi) is 2.12. The lowest BCUT2D eigenvalue weighted by atomic mass is 10.4. The van der Waals surface area contributed by atoms with E-state index in [1.165, 1.54) is 5.01 Å². The first-order valence-corrected chi connectivity index (χ1v) is 4.34. The van der Waals surface area contributed by atoms with Crippen molar-refractivity contribution in [3.8, 4) is 0 Å². The summed E-state index contributed by atoms with van der Waals surface area (Å²) in [4.78, 5) is 14.1. The summed E-state index contributed by atoms with van der Waals surface area (Å²) >= 11 is 0. The van der Waals surface area contributed by atoms with Crippen LogP contribution in [0.4, 0.5) is 0 Å². The van der Waals surface area contributed by atoms with Gasteiger partial charge in [0.1, 0.15) is 0 Å². The minimum absolute atomic E-state index is 0.114. The number of rotatable bonds is 2. The molecule has 2 rings (SSSR count). The lowest BCUT2D eigenvalue weighted by molar-refractivity contribution is -0.127. The van der Waals surface area contributed by atoms with Crippen molar-refractivity contribution in [3.63, 3.8) is 0 Å². The molecule has 0 atom stereocenters. The van der Waals surface area contributed by atoms with E-state index in [1.807, 2.05) is 18.3 Å². The zero-order valence-corrected chi connectivity index (χ0v) is 7.23. The number of hydrazone groups is 1. The van der Waals surface area contributed by atoms with Crippen molar-refractivity contribution in [1.82, 2.24) is 9.99 Å². The highest BCUT2D eigenvalue weighted by molar-refractivity contribution is 5.82. The van der Waals surface area contributed by atoms with Gasteiger partial charge in [-0.05, 0) is 18.6 Å². The summed E-state index contributed by atoms with van der Waals surface area (Å²) in [7, 11) is 0. The maximum atomic E-state index is 11.1. The van der Waals surface area contributed by atoms with Crippen LogP contribution in [-0.2, 0) is 4.79 Å². The third-order valence-corrected chi connectivity index (χ3v) is 2.01. The average Bonchev–Trinajstić information content (AvgIpc) is 2.72. The maximum Gasteiger partial charge on any atom is 0.242 e. The van der Waals surface area contributed by atoms with Crippen LogP contribution < -0.4 is 0 Å². The fraction of sp³-hybridized carbons (Fsp3) is 0.333. The first-order chi connectivity index (χ1) is 6.36. The van der Waals surface area contributed by atoms with Gasteiger partial charge in [0.25, 0.3) is 0 Å². The quantitative estimate of drug-likeness (QED) is 0.672. The molecule has 1 fully saturated rings. The SMILES string of the molecule is O=C1CCCN1/N=C/c1ccc[nH]1. The van der Waals surface area contributed by atoms with Gasteiger partial charge in [0.05, 0.1) is 11.9 Å². The molecule has 68 valence electrons. The number of H-pyrrole nitrogens is 1. The Labute approximate surface area is 76.2 Å². The molecule has 13 heavy (non-hydrogen) atoms. The summed E-state index contributed by atoms with van der Waals surface area (Å²) in [6.45, 7) is 0.746. The molecule has 1 aromatic heterocycles. The topological polar surface area (TPSA) is 48.5 Å². The molecule has 0 aliphatic carbocycles. The molecule has 2 heterocycles. The minimum atomic E-state index is 0.114. The Hall–Kier alpha value is -1.58. The van der Waals surface area contributed by atoms with Gasteiger partial charge in [-0.2, -0.15) is 5.10 Å². The van der Waals surface area contributed by atoms with Gasteiger partial charge < -0.3 is 4.98 Å². The molecular weight excluding hydrogens is 166 g/mol. The molecule has 0 spiro atoms. The first-order valence-electron chi connectivity index (χ1n) is 4.34. The Morgan fingerprint density at radius 2 is 2.54 bits per heavy atom. The molecule has 1 N–H and O–H groups in total. The monoisotopic (exact) mass is 177 g/mol. The molecule has 1 aliphatic heterocycles. The highest BCUT2D eigenvalue weighted by Crippen LogP contribution is 2.09. The highest BCUT2D eigenvalue weighted by Gasteiger charge is 2.18. The van der Waals surface area contributed by atoms with E-state index in [1.54, 1.807) is 6.21 Å². The fourth-order valence-corrected chi connectivity index (χ4v) is 1.31. The van der Waals surface area contributed by atoms with E-state index in [0.29, 0.717) is 6.42 Å². The molecule has 0 unspecified atom stereocenters. The zero-order chi connectivity index (χ0) is 9.10. The van der Waals surface area contributed by atoms with Crippen molar-refractivity contribution in [2.75, 3.05) is 6.54 Å². The standard InChI is InChI=1S/C9H11N3O/c13-9-4-2-6-12(9)11-7-8-3-1-5-10-8/h1,3,5,7,10H,2,4,6H2/b11-7+. The molecule has 0 bridgehead atoms. The van der Waals surface area contributed by atoms with Gasteiger partial charge in [0, 0.05) is 19.2 Å². The summed E-state index contributed by atoms with van der Waals surface area (Å²) in [5.74, 6) is 0.114. The summed E-state index contributed by atoms with van der Waals surface area (Å²) in [6, 6.07) is 3.80. The zero-order valence-electron chi connectivity index (χ0n) is 7.23. The second-order valence-corrected chi connectivity index (χ2v) is 2.99. The lowest BCUT2D eigenvalue weighted by Gasteiger charge is -2.05. The van der Waals surface area contributed by atoms with Crippen molar-refractivity contribution < 1.29 is 4.79 Å². The molecule has 0 aromatic carbocycles. The summed E-state index contributed by atoms with van der Waals surface area (Å²) in [6.07, 6.45) is 5.04. The molecule has 0 saturated carbocycles. The number of nitrogens with one attached hydrogen (secondary N) is 1. The third-order valence-electron chi connectivity index (χ3n) is 2.01. The number of carbonyl (C=O) groups excluding carboxylic acids is 1. The number of hydrogen-bond donors (Lipinski definition) is 1. The largest absolute Gasteiger partial charge is 0.360 e. The van der Waals surface area contributed by atoms with Gasteiger partial charge >= 0.3 is 0 Å². The fourth-order valence-electron chi connectivity index (χ4n) is 1.31. The van der Waals surface area contributed by atoms with Crippen molar-refractivity contribution in [1.29, 1.82) is 0 Å². The maximum absolute atomic E-state index is 11.1. The molecule has 1 saturated heterocycles. The van der Waals surface area contributed by atoms with Gasteiger partial charge in [-0.1, -0.05) is 0 Å². The van der Waals surface area contributed by atoms with E-state index < -0.39 is 0 Å². The van der Waals surface area contributed by atoms with Crippen LogP contribution in [0.25, 0.3) is 0 Å². The van der Waals surface area contributed by atoms with E-state index in [4.69, 9.17) is 0 Å². The Morgan fingerprint density at radius 3 is 3.15 bits per heavy atom. The normalized spacial score (nSPS) is 17.5. The van der Waals surface area contributed by atoms with Gasteiger partial charge in [0.2, 0.25) is 5.91 Å². The summed E-state index contributed by atoms with van der Waals surface area (Å²) in [5.41, 5.74) is 0.916. The number of carbonyl (C=O) groups is 1. The predicted molar refractivity (Wildman–Crippen MR) is 49.3 cm³/mol. The predicted octanol–water partition coefficient (Wildman–Crippen LogP) is 0.971. The van der Waals surface area contributed by atoms with Gasteiger partial charge in [0.15, 0.2) is 0 Å². The number of aromatic nitrogens is 1. The van der Waals surface area contributed by atoms with Gasteiger partial charge in [-0.3, -0.25) is 4.79 Å². The van der Waals surface area contributed by atoms with E-state index in [9.17, 15) is 4.79 Å². The average molecular weight is 177 g/mol. The second kappa shape index (κ2) is 3.43. The number of hydrogen-bond acceptors (Lipinski definition) is 2. The number of nitrogens with zero attached hydrogens (tertiary/aromatic N) is 2. The van der Waals surface area contributed by atoms with Crippen LogP contribution in [-0.4, -0.2) is 28.7 Å². The Balaban J connectivity index is 2.01. The molecule has 1 amide bonds. The van der Waals surface area contributed by atoms with Crippen LogP contribution in [0.1, 0.15) is 18.5 Å². The van der Waals surface area contributed by atoms with Crippen LogP contribution >= 0.6 is 0 Å². The van der Waals surface area contributed by atoms with E-state index >= 15 is 0 Å². The molecule has 4 heteroatoms.